The van der Waals surface area contributed by atoms with Crippen LogP contribution >= 0.6 is 11.6 Å². The van der Waals surface area contributed by atoms with E-state index in [-0.39, 0.29) is 16.9 Å². The molecule has 0 radical (unpaired) electrons. The molecule has 2 aromatic carbocycles. The third kappa shape index (κ3) is 4.42. The maximum Gasteiger partial charge on any atom is 0.342 e. The van der Waals surface area contributed by atoms with Crippen molar-refractivity contribution in [3.63, 3.8) is 0 Å². The van der Waals surface area contributed by atoms with Gasteiger partial charge in [-0.3, -0.25) is 0 Å². The van der Waals surface area contributed by atoms with Crippen LogP contribution in [0.25, 0.3) is 11.1 Å². The Bertz CT molecular complexity index is 907. The molecule has 0 fully saturated rings. The highest BCUT2D eigenvalue weighted by molar-refractivity contribution is 6.30. The van der Waals surface area contributed by atoms with Crippen LogP contribution in [0.15, 0.2) is 36.4 Å². The van der Waals surface area contributed by atoms with Gasteiger partial charge in [0.05, 0.1) is 19.8 Å². The molecule has 140 valence electrons. The second-order valence-electron chi connectivity index (χ2n) is 6.11. The first-order valence-corrected chi connectivity index (χ1v) is 8.38. The maximum atomic E-state index is 12.6. The first-order valence-electron chi connectivity index (χ1n) is 8.00. The Morgan fingerprint density at radius 1 is 0.963 bits per heavy atom. The minimum Gasteiger partial charge on any atom is -0.474 e. The summed E-state index contributed by atoms with van der Waals surface area (Å²) in [6.07, 6.45) is 5.48. The molecule has 6 heteroatoms. The molecular weight excluding hydrogens is 368 g/mol. The number of ether oxygens (including phenoxy) is 3. The lowest BCUT2D eigenvalue weighted by molar-refractivity contribution is 0.0547. The number of halogens is 1. The van der Waals surface area contributed by atoms with Gasteiger partial charge in [0.2, 0.25) is 0 Å². The van der Waals surface area contributed by atoms with Crippen LogP contribution in [0.5, 0.6) is 5.75 Å². The number of terminal acetylenes is 1. The van der Waals surface area contributed by atoms with Gasteiger partial charge in [0.1, 0.15) is 11.3 Å². The molecule has 0 N–H and O–H groups in total. The Labute approximate surface area is 163 Å². The van der Waals surface area contributed by atoms with Crippen LogP contribution in [0, 0.1) is 12.3 Å². The van der Waals surface area contributed by atoms with Crippen molar-refractivity contribution in [3.8, 4) is 29.2 Å². The molecule has 5 nitrogen and oxygen atoms in total. The van der Waals surface area contributed by atoms with Crippen LogP contribution in [0.2, 0.25) is 5.02 Å². The van der Waals surface area contributed by atoms with Crippen molar-refractivity contribution < 1.29 is 23.8 Å². The van der Waals surface area contributed by atoms with Crippen LogP contribution < -0.4 is 4.74 Å². The molecule has 0 heterocycles. The Balaban J connectivity index is 2.80. The molecule has 2 rings (SSSR count). The van der Waals surface area contributed by atoms with Gasteiger partial charge >= 0.3 is 11.9 Å². The summed E-state index contributed by atoms with van der Waals surface area (Å²) in [7, 11) is 2.45. The second-order valence-corrected chi connectivity index (χ2v) is 6.54. The zero-order valence-electron chi connectivity index (χ0n) is 15.5. The Morgan fingerprint density at radius 2 is 1.52 bits per heavy atom. The molecule has 0 saturated heterocycles. The topological polar surface area (TPSA) is 61.8 Å². The quantitative estimate of drug-likeness (QED) is 0.564. The third-order valence-corrected chi connectivity index (χ3v) is 4.07. The molecule has 0 aliphatic carbocycles. The lowest BCUT2D eigenvalue weighted by Gasteiger charge is -2.23. The number of esters is 2. The molecule has 0 aliphatic rings. The average molecular weight is 387 g/mol. The van der Waals surface area contributed by atoms with Crippen LogP contribution in [-0.2, 0) is 9.47 Å². The Kier molecular flexibility index (Phi) is 6.14. The van der Waals surface area contributed by atoms with Gasteiger partial charge in [-0.1, -0.05) is 29.7 Å². The summed E-state index contributed by atoms with van der Waals surface area (Å²) in [5.41, 5.74) is 0.118. The van der Waals surface area contributed by atoms with Gasteiger partial charge in [-0.05, 0) is 49.2 Å². The number of carbonyl (C=O) groups excluding carboxylic acids is 2. The van der Waals surface area contributed by atoms with Gasteiger partial charge in [0, 0.05) is 5.02 Å². The van der Waals surface area contributed by atoms with E-state index in [9.17, 15) is 9.59 Å². The molecule has 0 amide bonds. The summed E-state index contributed by atoms with van der Waals surface area (Å²) in [6, 6.07) is 10.1. The maximum absolute atomic E-state index is 12.6. The fraction of sp³-hybridized carbons (Fsp3) is 0.238. The molecule has 0 aromatic heterocycles. The summed E-state index contributed by atoms with van der Waals surface area (Å²) in [5, 5.41) is 0.544. The summed E-state index contributed by atoms with van der Waals surface area (Å²) in [4.78, 5) is 25.1. The molecule has 0 spiro atoms. The van der Waals surface area contributed by atoms with E-state index in [1.807, 2.05) is 0 Å². The lowest BCUT2D eigenvalue weighted by Crippen LogP contribution is -2.27. The predicted octanol–water partition coefficient (Wildman–Crippen LogP) is 4.37. The number of rotatable bonds is 5. The van der Waals surface area contributed by atoms with Crippen LogP contribution in [0.4, 0.5) is 0 Å². The highest BCUT2D eigenvalue weighted by Crippen LogP contribution is 2.35. The Hall–Kier alpha value is -2.97. The van der Waals surface area contributed by atoms with Crippen LogP contribution in [-0.4, -0.2) is 31.8 Å². The standard InChI is InChI=1S/C21H19ClO5/c1-6-21(2,3)27-16-12-11-15(13-7-9-14(22)10-8-13)17(19(23)25-4)18(16)20(24)26-5/h1,7-12H,2-5H3. The van der Waals surface area contributed by atoms with E-state index in [0.717, 1.165) is 0 Å². The summed E-state index contributed by atoms with van der Waals surface area (Å²) in [6.45, 7) is 3.33. The Morgan fingerprint density at radius 3 is 2.04 bits per heavy atom. The first kappa shape index (κ1) is 20.3. The van der Waals surface area contributed by atoms with E-state index in [1.54, 1.807) is 50.2 Å². The molecular formula is C21H19ClO5. The van der Waals surface area contributed by atoms with E-state index >= 15 is 0 Å². The molecule has 2 aromatic rings. The zero-order valence-corrected chi connectivity index (χ0v) is 16.2. The molecule has 27 heavy (non-hydrogen) atoms. The molecule has 0 saturated carbocycles. The minimum atomic E-state index is -1.00. The van der Waals surface area contributed by atoms with Crippen molar-refractivity contribution >= 4 is 23.5 Å². The fourth-order valence-electron chi connectivity index (χ4n) is 2.46. The van der Waals surface area contributed by atoms with E-state index in [2.05, 4.69) is 5.92 Å². The van der Waals surface area contributed by atoms with Crippen molar-refractivity contribution in [1.82, 2.24) is 0 Å². The van der Waals surface area contributed by atoms with Gasteiger partial charge in [-0.2, -0.15) is 0 Å². The fourth-order valence-corrected chi connectivity index (χ4v) is 2.59. The number of benzene rings is 2. The van der Waals surface area contributed by atoms with Crippen molar-refractivity contribution in [3.05, 3.63) is 52.5 Å². The number of methoxy groups -OCH3 is 2. The van der Waals surface area contributed by atoms with Crippen LogP contribution in [0.1, 0.15) is 34.6 Å². The van der Waals surface area contributed by atoms with Gasteiger partial charge in [0.15, 0.2) is 5.60 Å². The van der Waals surface area contributed by atoms with Crippen molar-refractivity contribution in [1.29, 1.82) is 0 Å². The molecule has 0 atom stereocenters. The summed E-state index contributed by atoms with van der Waals surface area (Å²) >= 11 is 5.94. The van der Waals surface area contributed by atoms with Gasteiger partial charge in [-0.15, -0.1) is 6.42 Å². The highest BCUT2D eigenvalue weighted by atomic mass is 35.5. The highest BCUT2D eigenvalue weighted by Gasteiger charge is 2.30. The average Bonchev–Trinajstić information content (AvgIpc) is 2.66. The largest absolute Gasteiger partial charge is 0.474 e. The van der Waals surface area contributed by atoms with E-state index < -0.39 is 17.5 Å². The summed E-state index contributed by atoms with van der Waals surface area (Å²) < 4.78 is 15.6. The SMILES string of the molecule is C#CC(C)(C)Oc1ccc(-c2ccc(Cl)cc2)c(C(=O)OC)c1C(=O)OC. The normalized spacial score (nSPS) is 10.7. The lowest BCUT2D eigenvalue weighted by atomic mass is 9.94. The number of hydrogen-bond acceptors (Lipinski definition) is 5. The molecule has 0 bridgehead atoms. The number of carbonyl (C=O) groups is 2. The zero-order chi connectivity index (χ0) is 20.2. The van der Waals surface area contributed by atoms with Gasteiger partial charge in [-0.25, -0.2) is 9.59 Å². The van der Waals surface area contributed by atoms with Gasteiger partial charge < -0.3 is 14.2 Å². The molecule has 0 unspecified atom stereocenters. The van der Waals surface area contributed by atoms with Crippen molar-refractivity contribution in [2.75, 3.05) is 14.2 Å². The second kappa shape index (κ2) is 8.15. The minimum absolute atomic E-state index is 0.0250. The van der Waals surface area contributed by atoms with Crippen molar-refractivity contribution in [2.24, 2.45) is 0 Å². The number of hydrogen-bond donors (Lipinski definition) is 0. The predicted molar refractivity (Wildman–Crippen MR) is 103 cm³/mol. The third-order valence-electron chi connectivity index (χ3n) is 3.81. The first-order chi connectivity index (χ1) is 12.7. The molecule has 0 aliphatic heterocycles. The van der Waals surface area contributed by atoms with E-state index in [4.69, 9.17) is 32.2 Å². The van der Waals surface area contributed by atoms with Gasteiger partial charge in [0.25, 0.3) is 0 Å². The summed E-state index contributed by atoms with van der Waals surface area (Å²) in [5.74, 6) is 1.17. The van der Waals surface area contributed by atoms with E-state index in [0.29, 0.717) is 16.1 Å². The van der Waals surface area contributed by atoms with E-state index in [1.165, 1.54) is 14.2 Å². The monoisotopic (exact) mass is 386 g/mol. The van der Waals surface area contributed by atoms with Crippen LogP contribution in [0.3, 0.4) is 0 Å². The van der Waals surface area contributed by atoms with Crippen molar-refractivity contribution in [2.45, 2.75) is 19.4 Å². The smallest absolute Gasteiger partial charge is 0.342 e.